The van der Waals surface area contributed by atoms with Crippen LogP contribution >= 0.6 is 22.9 Å². The summed E-state index contributed by atoms with van der Waals surface area (Å²) in [4.78, 5) is 8.80. The third-order valence-corrected chi connectivity index (χ3v) is 5.26. The van der Waals surface area contributed by atoms with Crippen LogP contribution < -0.4 is 4.90 Å². The minimum Gasteiger partial charge on any atom is -0.352 e. The van der Waals surface area contributed by atoms with E-state index in [1.54, 1.807) is 0 Å². The van der Waals surface area contributed by atoms with Gasteiger partial charge in [-0.25, -0.2) is 4.98 Å². The Morgan fingerprint density at radius 3 is 2.86 bits per heavy atom. The molecule has 0 bridgehead atoms. The average Bonchev–Trinajstić information content (AvgIpc) is 2.93. The van der Waals surface area contributed by atoms with Crippen LogP contribution in [0.1, 0.15) is 42.5 Å². The third-order valence-electron chi connectivity index (χ3n) is 3.93. The maximum atomic E-state index is 6.08. The fourth-order valence-corrected chi connectivity index (χ4v) is 3.68. The molecule has 0 radical (unpaired) electrons. The highest BCUT2D eigenvalue weighted by Gasteiger charge is 2.22. The maximum absolute atomic E-state index is 6.08. The SMILES string of the molecule is CC(C)(C)c1cc(CCl)cc(N2CCc3sccc3C2)n1. The van der Waals surface area contributed by atoms with E-state index in [1.807, 2.05) is 11.3 Å². The van der Waals surface area contributed by atoms with E-state index < -0.39 is 0 Å². The topological polar surface area (TPSA) is 16.1 Å². The molecule has 2 aromatic rings. The number of alkyl halides is 1. The third kappa shape index (κ3) is 3.09. The molecule has 0 spiro atoms. The highest BCUT2D eigenvalue weighted by Crippen LogP contribution is 2.30. The summed E-state index contributed by atoms with van der Waals surface area (Å²) in [6.07, 6.45) is 1.12. The van der Waals surface area contributed by atoms with Gasteiger partial charge in [0.05, 0.1) is 0 Å². The van der Waals surface area contributed by atoms with Gasteiger partial charge in [0, 0.05) is 35.0 Å². The van der Waals surface area contributed by atoms with Crippen molar-refractivity contribution in [3.63, 3.8) is 0 Å². The van der Waals surface area contributed by atoms with Gasteiger partial charge in [-0.15, -0.1) is 22.9 Å². The number of fused-ring (bicyclic) bond motifs is 1. The molecular formula is C17H21ClN2S. The first-order valence-electron chi connectivity index (χ1n) is 7.35. The Morgan fingerprint density at radius 2 is 2.14 bits per heavy atom. The number of halogens is 1. The van der Waals surface area contributed by atoms with Crippen molar-refractivity contribution in [1.29, 1.82) is 0 Å². The van der Waals surface area contributed by atoms with E-state index in [4.69, 9.17) is 16.6 Å². The molecule has 21 heavy (non-hydrogen) atoms. The highest BCUT2D eigenvalue weighted by atomic mass is 35.5. The Hall–Kier alpha value is -1.06. The number of anilines is 1. The number of hydrogen-bond acceptors (Lipinski definition) is 3. The van der Waals surface area contributed by atoms with Crippen molar-refractivity contribution >= 4 is 28.8 Å². The van der Waals surface area contributed by atoms with E-state index in [2.05, 4.69) is 49.3 Å². The zero-order valence-corrected chi connectivity index (χ0v) is 14.4. The van der Waals surface area contributed by atoms with Gasteiger partial charge < -0.3 is 4.90 Å². The van der Waals surface area contributed by atoms with Crippen molar-refractivity contribution in [1.82, 2.24) is 4.98 Å². The number of rotatable bonds is 2. The number of pyridine rings is 1. The first-order chi connectivity index (χ1) is 9.97. The van der Waals surface area contributed by atoms with E-state index in [1.165, 1.54) is 10.4 Å². The molecule has 2 aromatic heterocycles. The van der Waals surface area contributed by atoms with Gasteiger partial charge in [-0.2, -0.15) is 0 Å². The van der Waals surface area contributed by atoms with Crippen LogP contribution in [0.2, 0.25) is 0 Å². The Bertz CT molecular complexity index is 642. The normalized spacial score (nSPS) is 15.1. The van der Waals surface area contributed by atoms with Crippen molar-refractivity contribution in [2.75, 3.05) is 11.4 Å². The zero-order valence-electron chi connectivity index (χ0n) is 12.8. The predicted octanol–water partition coefficient (Wildman–Crippen LogP) is 4.74. The molecule has 0 aromatic carbocycles. The van der Waals surface area contributed by atoms with Crippen LogP contribution in [0.15, 0.2) is 23.6 Å². The van der Waals surface area contributed by atoms with Crippen LogP contribution in [0.4, 0.5) is 5.82 Å². The molecule has 3 heterocycles. The van der Waals surface area contributed by atoms with Gasteiger partial charge in [0.15, 0.2) is 0 Å². The minimum atomic E-state index is 0.0418. The van der Waals surface area contributed by atoms with E-state index in [0.717, 1.165) is 36.6 Å². The Balaban J connectivity index is 1.95. The van der Waals surface area contributed by atoms with Crippen molar-refractivity contribution in [2.45, 2.75) is 45.0 Å². The molecule has 1 aliphatic heterocycles. The Labute approximate surface area is 135 Å². The number of thiophene rings is 1. The van der Waals surface area contributed by atoms with Gasteiger partial charge in [0.25, 0.3) is 0 Å². The lowest BCUT2D eigenvalue weighted by Crippen LogP contribution is -2.31. The summed E-state index contributed by atoms with van der Waals surface area (Å²) < 4.78 is 0. The molecule has 0 N–H and O–H groups in total. The number of nitrogens with zero attached hydrogens (tertiary/aromatic N) is 2. The first kappa shape index (κ1) is 14.9. The zero-order chi connectivity index (χ0) is 15.0. The summed E-state index contributed by atoms with van der Waals surface area (Å²) in [6.45, 7) is 8.59. The first-order valence-corrected chi connectivity index (χ1v) is 8.76. The molecule has 0 amide bonds. The minimum absolute atomic E-state index is 0.0418. The molecule has 0 atom stereocenters. The summed E-state index contributed by atoms with van der Waals surface area (Å²) in [6, 6.07) is 6.51. The summed E-state index contributed by atoms with van der Waals surface area (Å²) in [5.41, 5.74) is 3.76. The van der Waals surface area contributed by atoms with Crippen LogP contribution in [0.25, 0.3) is 0 Å². The molecular weight excluding hydrogens is 300 g/mol. The lowest BCUT2D eigenvalue weighted by molar-refractivity contribution is 0.566. The molecule has 0 saturated heterocycles. The molecule has 0 unspecified atom stereocenters. The second-order valence-corrected chi connectivity index (χ2v) is 7.91. The lowest BCUT2D eigenvalue weighted by atomic mass is 9.91. The summed E-state index contributed by atoms with van der Waals surface area (Å²) >= 11 is 7.95. The van der Waals surface area contributed by atoms with E-state index in [9.17, 15) is 0 Å². The smallest absolute Gasteiger partial charge is 0.129 e. The van der Waals surface area contributed by atoms with Crippen LogP contribution in [0.3, 0.4) is 0 Å². The molecule has 0 aliphatic carbocycles. The van der Waals surface area contributed by atoms with Crippen molar-refractivity contribution in [3.05, 3.63) is 45.3 Å². The monoisotopic (exact) mass is 320 g/mol. The average molecular weight is 321 g/mol. The van der Waals surface area contributed by atoms with Crippen LogP contribution in [-0.2, 0) is 24.3 Å². The van der Waals surface area contributed by atoms with Gasteiger partial charge in [0.2, 0.25) is 0 Å². The number of aromatic nitrogens is 1. The van der Waals surface area contributed by atoms with Gasteiger partial charge in [0.1, 0.15) is 5.82 Å². The number of hydrogen-bond donors (Lipinski definition) is 0. The van der Waals surface area contributed by atoms with Gasteiger partial charge >= 0.3 is 0 Å². The van der Waals surface area contributed by atoms with Crippen LogP contribution in [0.5, 0.6) is 0 Å². The quantitative estimate of drug-likeness (QED) is 0.743. The predicted molar refractivity (Wildman–Crippen MR) is 91.6 cm³/mol. The van der Waals surface area contributed by atoms with Crippen molar-refractivity contribution in [3.8, 4) is 0 Å². The summed E-state index contributed by atoms with van der Waals surface area (Å²) in [5, 5.41) is 2.19. The largest absolute Gasteiger partial charge is 0.352 e. The van der Waals surface area contributed by atoms with E-state index >= 15 is 0 Å². The highest BCUT2D eigenvalue weighted by molar-refractivity contribution is 7.10. The molecule has 2 nitrogen and oxygen atoms in total. The van der Waals surface area contributed by atoms with Crippen LogP contribution in [0, 0.1) is 0 Å². The van der Waals surface area contributed by atoms with Gasteiger partial charge in [-0.1, -0.05) is 20.8 Å². The van der Waals surface area contributed by atoms with Gasteiger partial charge in [-0.05, 0) is 41.1 Å². The standard InChI is InChI=1S/C17H21ClN2S/c1-17(2,3)15-8-12(10-18)9-16(19-15)20-6-4-14-13(11-20)5-7-21-14/h5,7-9H,4,6,10-11H2,1-3H3. The van der Waals surface area contributed by atoms with E-state index in [0.29, 0.717) is 5.88 Å². The molecule has 3 rings (SSSR count). The molecule has 112 valence electrons. The Kier molecular flexibility index (Phi) is 3.98. The molecule has 1 aliphatic rings. The lowest BCUT2D eigenvalue weighted by Gasteiger charge is -2.30. The summed E-state index contributed by atoms with van der Waals surface area (Å²) in [5.74, 6) is 1.60. The van der Waals surface area contributed by atoms with Crippen LogP contribution in [-0.4, -0.2) is 11.5 Å². The second-order valence-electron chi connectivity index (χ2n) is 6.64. The van der Waals surface area contributed by atoms with E-state index in [-0.39, 0.29) is 5.41 Å². The van der Waals surface area contributed by atoms with Crippen molar-refractivity contribution in [2.24, 2.45) is 0 Å². The van der Waals surface area contributed by atoms with Gasteiger partial charge in [-0.3, -0.25) is 0 Å². The molecule has 4 heteroatoms. The summed E-state index contributed by atoms with van der Waals surface area (Å²) in [7, 11) is 0. The second kappa shape index (κ2) is 5.62. The maximum Gasteiger partial charge on any atom is 0.129 e. The fourth-order valence-electron chi connectivity index (χ4n) is 2.64. The fraction of sp³-hybridized carbons (Fsp3) is 0.471. The Morgan fingerprint density at radius 1 is 1.33 bits per heavy atom. The molecule has 0 saturated carbocycles. The van der Waals surface area contributed by atoms with Crippen molar-refractivity contribution < 1.29 is 0 Å². The molecule has 0 fully saturated rings.